The lowest BCUT2D eigenvalue weighted by Gasteiger charge is -2.31. The van der Waals surface area contributed by atoms with Crippen LogP contribution in [0, 0.1) is 5.92 Å². The van der Waals surface area contributed by atoms with E-state index in [4.69, 9.17) is 4.42 Å². The summed E-state index contributed by atoms with van der Waals surface area (Å²) >= 11 is 0. The normalized spacial score (nSPS) is 20.6. The topological polar surface area (TPSA) is 28.4 Å². The number of piperidine rings is 1. The third kappa shape index (κ3) is 3.58. The standard InChI is InChI=1S/C14H24N2O/c1-3-16-7-4-13(5-8-16)10-15-12(2)14-6-9-17-11-14/h6,9,11-13,15H,3-5,7-8,10H2,1-2H3. The van der Waals surface area contributed by atoms with Gasteiger partial charge in [0.15, 0.2) is 0 Å². The van der Waals surface area contributed by atoms with E-state index in [-0.39, 0.29) is 0 Å². The minimum atomic E-state index is 0.401. The smallest absolute Gasteiger partial charge is 0.0950 e. The second-order valence-electron chi connectivity index (χ2n) is 5.06. The molecule has 1 atom stereocenters. The maximum absolute atomic E-state index is 5.11. The molecule has 1 unspecified atom stereocenters. The number of rotatable bonds is 5. The van der Waals surface area contributed by atoms with Crippen LogP contribution in [0.5, 0.6) is 0 Å². The first kappa shape index (κ1) is 12.7. The zero-order valence-electron chi connectivity index (χ0n) is 11.0. The highest BCUT2D eigenvalue weighted by Gasteiger charge is 2.18. The van der Waals surface area contributed by atoms with Crippen molar-refractivity contribution in [2.45, 2.75) is 32.7 Å². The van der Waals surface area contributed by atoms with Gasteiger partial charge in [0.1, 0.15) is 0 Å². The van der Waals surface area contributed by atoms with Crippen molar-refractivity contribution in [1.29, 1.82) is 0 Å². The summed E-state index contributed by atoms with van der Waals surface area (Å²) in [4.78, 5) is 2.54. The molecule has 0 saturated carbocycles. The molecule has 3 heteroatoms. The highest BCUT2D eigenvalue weighted by atomic mass is 16.3. The van der Waals surface area contributed by atoms with Gasteiger partial charge in [0.25, 0.3) is 0 Å². The van der Waals surface area contributed by atoms with Gasteiger partial charge in [0, 0.05) is 11.6 Å². The molecule has 0 radical (unpaired) electrons. The zero-order chi connectivity index (χ0) is 12.1. The summed E-state index contributed by atoms with van der Waals surface area (Å²) in [5, 5.41) is 3.61. The van der Waals surface area contributed by atoms with E-state index in [0.29, 0.717) is 6.04 Å². The first-order valence-corrected chi connectivity index (χ1v) is 6.77. The van der Waals surface area contributed by atoms with Crippen molar-refractivity contribution in [2.75, 3.05) is 26.2 Å². The van der Waals surface area contributed by atoms with Crippen molar-refractivity contribution in [3.8, 4) is 0 Å². The van der Waals surface area contributed by atoms with E-state index in [1.165, 1.54) is 38.0 Å². The molecule has 1 aromatic rings. The van der Waals surface area contributed by atoms with Crippen LogP contribution in [-0.4, -0.2) is 31.1 Å². The number of likely N-dealkylation sites (tertiary alicyclic amines) is 1. The van der Waals surface area contributed by atoms with E-state index in [1.807, 2.05) is 12.3 Å². The number of hydrogen-bond donors (Lipinski definition) is 1. The molecule has 1 fully saturated rings. The Hall–Kier alpha value is -0.800. The average molecular weight is 236 g/mol. The fourth-order valence-corrected chi connectivity index (χ4v) is 2.49. The SMILES string of the molecule is CCN1CCC(CNC(C)c2ccoc2)CC1. The van der Waals surface area contributed by atoms with Gasteiger partial charge in [-0.15, -0.1) is 0 Å². The lowest BCUT2D eigenvalue weighted by molar-refractivity contribution is 0.188. The van der Waals surface area contributed by atoms with E-state index in [2.05, 4.69) is 24.1 Å². The molecule has 0 aromatic carbocycles. The zero-order valence-corrected chi connectivity index (χ0v) is 11.0. The largest absolute Gasteiger partial charge is 0.472 e. The highest BCUT2D eigenvalue weighted by Crippen LogP contribution is 2.18. The van der Waals surface area contributed by atoms with Crippen LogP contribution in [0.25, 0.3) is 0 Å². The minimum absolute atomic E-state index is 0.401. The molecule has 1 aromatic heterocycles. The highest BCUT2D eigenvalue weighted by molar-refractivity contribution is 5.10. The van der Waals surface area contributed by atoms with Gasteiger partial charge in [-0.1, -0.05) is 6.92 Å². The molecule has 0 aliphatic carbocycles. The van der Waals surface area contributed by atoms with E-state index in [1.54, 1.807) is 6.26 Å². The van der Waals surface area contributed by atoms with Gasteiger partial charge in [0.05, 0.1) is 12.5 Å². The van der Waals surface area contributed by atoms with Crippen LogP contribution in [-0.2, 0) is 0 Å². The van der Waals surface area contributed by atoms with Crippen LogP contribution in [0.3, 0.4) is 0 Å². The van der Waals surface area contributed by atoms with Crippen molar-refractivity contribution in [3.05, 3.63) is 24.2 Å². The van der Waals surface area contributed by atoms with Crippen molar-refractivity contribution >= 4 is 0 Å². The Morgan fingerprint density at radius 2 is 2.24 bits per heavy atom. The maximum Gasteiger partial charge on any atom is 0.0950 e. The second kappa shape index (κ2) is 6.22. The van der Waals surface area contributed by atoms with Gasteiger partial charge < -0.3 is 14.6 Å². The lowest BCUT2D eigenvalue weighted by atomic mass is 9.96. The molecular weight excluding hydrogens is 212 g/mol. The predicted octanol–water partition coefficient (Wildman–Crippen LogP) is 2.66. The molecule has 2 heterocycles. The average Bonchev–Trinajstić information content (AvgIpc) is 2.90. The van der Waals surface area contributed by atoms with E-state index < -0.39 is 0 Å². The first-order valence-electron chi connectivity index (χ1n) is 6.77. The molecule has 1 aliphatic heterocycles. The van der Waals surface area contributed by atoms with E-state index >= 15 is 0 Å². The van der Waals surface area contributed by atoms with E-state index in [9.17, 15) is 0 Å². The Morgan fingerprint density at radius 1 is 1.47 bits per heavy atom. The van der Waals surface area contributed by atoms with Crippen molar-refractivity contribution in [2.24, 2.45) is 5.92 Å². The van der Waals surface area contributed by atoms with Crippen LogP contribution < -0.4 is 5.32 Å². The van der Waals surface area contributed by atoms with E-state index in [0.717, 1.165) is 12.5 Å². The molecule has 17 heavy (non-hydrogen) atoms. The summed E-state index contributed by atoms with van der Waals surface area (Å²) in [5.74, 6) is 0.840. The number of furan rings is 1. The fraction of sp³-hybridized carbons (Fsp3) is 0.714. The van der Waals surface area contributed by atoms with Gasteiger partial charge in [-0.05, 0) is 57.9 Å². The van der Waals surface area contributed by atoms with Gasteiger partial charge in [-0.2, -0.15) is 0 Å². The lowest BCUT2D eigenvalue weighted by Crippen LogP contribution is -2.37. The first-order chi connectivity index (χ1) is 8.29. The molecule has 1 saturated heterocycles. The Morgan fingerprint density at radius 3 is 2.82 bits per heavy atom. The molecule has 96 valence electrons. The maximum atomic E-state index is 5.11. The van der Waals surface area contributed by atoms with Gasteiger partial charge in [-0.3, -0.25) is 0 Å². The van der Waals surface area contributed by atoms with Crippen LogP contribution >= 0.6 is 0 Å². The van der Waals surface area contributed by atoms with Crippen LogP contribution in [0.4, 0.5) is 0 Å². The fourth-order valence-electron chi connectivity index (χ4n) is 2.49. The van der Waals surface area contributed by atoms with Crippen molar-refractivity contribution in [3.63, 3.8) is 0 Å². The molecule has 3 nitrogen and oxygen atoms in total. The summed E-state index contributed by atoms with van der Waals surface area (Å²) in [6, 6.07) is 2.44. The molecule has 1 aliphatic rings. The molecular formula is C14H24N2O. The van der Waals surface area contributed by atoms with Gasteiger partial charge in [0.2, 0.25) is 0 Å². The van der Waals surface area contributed by atoms with Gasteiger partial charge >= 0.3 is 0 Å². The summed E-state index contributed by atoms with van der Waals surface area (Å²) < 4.78 is 5.11. The van der Waals surface area contributed by atoms with Crippen molar-refractivity contribution < 1.29 is 4.42 Å². The molecule has 2 rings (SSSR count). The monoisotopic (exact) mass is 236 g/mol. The third-order valence-electron chi connectivity index (χ3n) is 3.91. The summed E-state index contributed by atoms with van der Waals surface area (Å²) in [6.45, 7) is 9.31. The van der Waals surface area contributed by atoms with Crippen LogP contribution in [0.15, 0.2) is 23.0 Å². The summed E-state index contributed by atoms with van der Waals surface area (Å²) in [5.41, 5.74) is 1.25. The number of nitrogens with one attached hydrogen (secondary N) is 1. The van der Waals surface area contributed by atoms with Crippen LogP contribution in [0.1, 0.15) is 38.3 Å². The Bertz CT molecular complexity index is 302. The Kier molecular flexibility index (Phi) is 4.63. The molecule has 1 N–H and O–H groups in total. The third-order valence-corrected chi connectivity index (χ3v) is 3.91. The van der Waals surface area contributed by atoms with Crippen molar-refractivity contribution in [1.82, 2.24) is 10.2 Å². The number of nitrogens with zero attached hydrogens (tertiary/aromatic N) is 1. The molecule has 0 bridgehead atoms. The second-order valence-corrected chi connectivity index (χ2v) is 5.06. The Labute approximate surface area is 104 Å². The molecule has 0 spiro atoms. The quantitative estimate of drug-likeness (QED) is 0.852. The predicted molar refractivity (Wildman–Crippen MR) is 70.0 cm³/mol. The van der Waals surface area contributed by atoms with Crippen LogP contribution in [0.2, 0.25) is 0 Å². The number of hydrogen-bond acceptors (Lipinski definition) is 3. The molecule has 0 amide bonds. The summed E-state index contributed by atoms with van der Waals surface area (Å²) in [6.07, 6.45) is 6.24. The summed E-state index contributed by atoms with van der Waals surface area (Å²) in [7, 11) is 0. The van der Waals surface area contributed by atoms with Gasteiger partial charge in [-0.25, -0.2) is 0 Å². The minimum Gasteiger partial charge on any atom is -0.472 e. The Balaban J connectivity index is 1.69.